The molecule has 1 rings (SSSR count). The molecule has 8 heteroatoms. The lowest BCUT2D eigenvalue weighted by Gasteiger charge is -2.36. The lowest BCUT2D eigenvalue weighted by Crippen LogP contribution is -2.73. The van der Waals surface area contributed by atoms with Crippen LogP contribution in [0.2, 0.25) is 0 Å². The smallest absolute Gasteiger partial charge is 0.436 e. The Bertz CT molecular complexity index is 547. The average molecular weight is 332 g/mol. The molecule has 2 N–H and O–H groups in total. The molecule has 1 amide bonds. The average Bonchev–Trinajstić information content (AvgIpc) is 2.45. The van der Waals surface area contributed by atoms with Crippen LogP contribution in [0, 0.1) is 0 Å². The summed E-state index contributed by atoms with van der Waals surface area (Å²) in [6.45, 7) is 3.98. The summed E-state index contributed by atoms with van der Waals surface area (Å²) in [5.74, 6) is -2.64. The molecule has 1 aromatic rings. The molecule has 23 heavy (non-hydrogen) atoms. The first-order valence-electron chi connectivity index (χ1n) is 7.03. The van der Waals surface area contributed by atoms with Crippen molar-refractivity contribution in [2.75, 3.05) is 6.61 Å². The molecule has 128 valence electrons. The van der Waals surface area contributed by atoms with Crippen molar-refractivity contribution in [1.82, 2.24) is 10.6 Å². The summed E-state index contributed by atoms with van der Waals surface area (Å²) in [5, 5.41) is 3.84. The Morgan fingerprint density at radius 1 is 1.17 bits per heavy atom. The lowest BCUT2D eigenvalue weighted by atomic mass is 10.1. The Balaban J connectivity index is 3.26. The number of ether oxygens (including phenoxy) is 1. The SMILES string of the molecule is CCOC(=O)[C@](NC(=O)c1ccccc1)(NC(C)C)C(F)(F)F. The van der Waals surface area contributed by atoms with Gasteiger partial charge in [-0.3, -0.25) is 10.1 Å². The molecular formula is C15H19F3N2O3. The molecule has 0 fully saturated rings. The van der Waals surface area contributed by atoms with Crippen molar-refractivity contribution in [3.63, 3.8) is 0 Å². The lowest BCUT2D eigenvalue weighted by molar-refractivity contribution is -0.220. The number of esters is 1. The second-order valence-corrected chi connectivity index (χ2v) is 5.09. The van der Waals surface area contributed by atoms with Crippen LogP contribution in [0.25, 0.3) is 0 Å². The van der Waals surface area contributed by atoms with Gasteiger partial charge in [-0.1, -0.05) is 18.2 Å². The van der Waals surface area contributed by atoms with Crippen LogP contribution in [0.3, 0.4) is 0 Å². The number of amides is 1. The monoisotopic (exact) mass is 332 g/mol. The Kier molecular flexibility index (Phi) is 6.14. The zero-order chi connectivity index (χ0) is 17.7. The Morgan fingerprint density at radius 3 is 2.17 bits per heavy atom. The van der Waals surface area contributed by atoms with Crippen LogP contribution in [0.5, 0.6) is 0 Å². The fourth-order valence-corrected chi connectivity index (χ4v) is 1.92. The van der Waals surface area contributed by atoms with E-state index in [1.165, 1.54) is 45.0 Å². The third kappa shape index (κ3) is 4.44. The van der Waals surface area contributed by atoms with Gasteiger partial charge in [-0.05, 0) is 32.9 Å². The van der Waals surface area contributed by atoms with Gasteiger partial charge in [0.2, 0.25) is 0 Å². The van der Waals surface area contributed by atoms with Crippen LogP contribution in [0.4, 0.5) is 13.2 Å². The van der Waals surface area contributed by atoms with Gasteiger partial charge in [-0.15, -0.1) is 0 Å². The summed E-state index contributed by atoms with van der Waals surface area (Å²) < 4.78 is 45.4. The maximum atomic E-state index is 13.6. The first-order valence-corrected chi connectivity index (χ1v) is 7.03. The third-order valence-corrected chi connectivity index (χ3v) is 2.85. The molecule has 0 bridgehead atoms. The number of hydrogen-bond acceptors (Lipinski definition) is 4. The number of carbonyl (C=O) groups is 2. The molecule has 0 saturated carbocycles. The largest absolute Gasteiger partial charge is 0.463 e. The molecule has 0 spiro atoms. The van der Waals surface area contributed by atoms with Crippen molar-refractivity contribution in [3.05, 3.63) is 35.9 Å². The Hall–Kier alpha value is -2.09. The minimum Gasteiger partial charge on any atom is -0.463 e. The number of nitrogens with one attached hydrogen (secondary N) is 2. The van der Waals surface area contributed by atoms with E-state index in [1.54, 1.807) is 11.4 Å². The zero-order valence-corrected chi connectivity index (χ0v) is 13.0. The van der Waals surface area contributed by atoms with E-state index in [-0.39, 0.29) is 12.2 Å². The molecule has 0 saturated heterocycles. The van der Waals surface area contributed by atoms with Gasteiger partial charge in [-0.25, -0.2) is 4.79 Å². The highest BCUT2D eigenvalue weighted by Crippen LogP contribution is 2.30. The maximum absolute atomic E-state index is 13.6. The topological polar surface area (TPSA) is 67.4 Å². The van der Waals surface area contributed by atoms with Gasteiger partial charge in [-0.2, -0.15) is 13.2 Å². The summed E-state index contributed by atoms with van der Waals surface area (Å²) in [6.07, 6.45) is -5.09. The molecular weight excluding hydrogens is 313 g/mol. The predicted octanol–water partition coefficient (Wildman–Crippen LogP) is 2.24. The second kappa shape index (κ2) is 7.45. The number of alkyl halides is 3. The summed E-state index contributed by atoms with van der Waals surface area (Å²) in [6, 6.07) is 6.58. The van der Waals surface area contributed by atoms with Crippen LogP contribution in [0.1, 0.15) is 31.1 Å². The van der Waals surface area contributed by atoms with Crippen LogP contribution in [-0.4, -0.2) is 36.4 Å². The van der Waals surface area contributed by atoms with Gasteiger partial charge in [0.15, 0.2) is 0 Å². The van der Waals surface area contributed by atoms with Gasteiger partial charge >= 0.3 is 12.1 Å². The van der Waals surface area contributed by atoms with E-state index in [2.05, 4.69) is 10.1 Å². The van der Waals surface area contributed by atoms with Crippen molar-refractivity contribution >= 4 is 11.9 Å². The molecule has 0 aliphatic rings. The summed E-state index contributed by atoms with van der Waals surface area (Å²) >= 11 is 0. The first-order chi connectivity index (χ1) is 10.6. The molecule has 0 radical (unpaired) electrons. The molecule has 5 nitrogen and oxygen atoms in total. The minimum atomic E-state index is -5.09. The zero-order valence-electron chi connectivity index (χ0n) is 13.0. The molecule has 0 unspecified atom stereocenters. The third-order valence-electron chi connectivity index (χ3n) is 2.85. The first kappa shape index (κ1) is 19.0. The van der Waals surface area contributed by atoms with Gasteiger partial charge in [0.25, 0.3) is 11.6 Å². The van der Waals surface area contributed by atoms with Gasteiger partial charge in [0.1, 0.15) is 0 Å². The molecule has 1 atom stereocenters. The molecule has 1 aromatic carbocycles. The number of rotatable bonds is 6. The highest BCUT2D eigenvalue weighted by atomic mass is 19.4. The normalized spacial score (nSPS) is 14.2. The Labute approximate surface area is 132 Å². The van der Waals surface area contributed by atoms with Gasteiger partial charge in [0, 0.05) is 11.6 Å². The van der Waals surface area contributed by atoms with E-state index in [4.69, 9.17) is 0 Å². The van der Waals surface area contributed by atoms with Gasteiger partial charge < -0.3 is 10.1 Å². The van der Waals surface area contributed by atoms with Crippen LogP contribution in [-0.2, 0) is 9.53 Å². The molecule has 0 aromatic heterocycles. The molecule has 0 heterocycles. The van der Waals surface area contributed by atoms with Crippen LogP contribution in [0.15, 0.2) is 30.3 Å². The van der Waals surface area contributed by atoms with E-state index < -0.39 is 29.8 Å². The maximum Gasteiger partial charge on any atom is 0.436 e. The molecule has 0 aliphatic carbocycles. The summed E-state index contributed by atoms with van der Waals surface area (Å²) in [4.78, 5) is 24.1. The highest BCUT2D eigenvalue weighted by Gasteiger charge is 2.63. The number of benzene rings is 1. The minimum absolute atomic E-state index is 0.00372. The fraction of sp³-hybridized carbons (Fsp3) is 0.467. The van der Waals surface area contributed by atoms with E-state index in [9.17, 15) is 22.8 Å². The van der Waals surface area contributed by atoms with Crippen LogP contribution >= 0.6 is 0 Å². The number of halogens is 3. The van der Waals surface area contributed by atoms with E-state index in [1.807, 2.05) is 0 Å². The number of hydrogen-bond donors (Lipinski definition) is 2. The van der Waals surface area contributed by atoms with Crippen molar-refractivity contribution < 1.29 is 27.5 Å². The van der Waals surface area contributed by atoms with Crippen molar-refractivity contribution in [3.8, 4) is 0 Å². The standard InChI is InChI=1S/C15H19F3N2O3/c1-4-23-13(22)14(15(16,17)18,19-10(2)3)20-12(21)11-8-6-5-7-9-11/h5-10,19H,4H2,1-3H3,(H,20,21)/t14-/m1/s1. The van der Waals surface area contributed by atoms with Crippen molar-refractivity contribution in [2.24, 2.45) is 0 Å². The summed E-state index contributed by atoms with van der Waals surface area (Å²) in [7, 11) is 0. The van der Waals surface area contributed by atoms with Crippen molar-refractivity contribution in [1.29, 1.82) is 0 Å². The second-order valence-electron chi connectivity index (χ2n) is 5.09. The molecule has 0 aliphatic heterocycles. The number of carbonyl (C=O) groups excluding carboxylic acids is 2. The quantitative estimate of drug-likeness (QED) is 0.619. The van der Waals surface area contributed by atoms with E-state index in [0.29, 0.717) is 0 Å². The van der Waals surface area contributed by atoms with Gasteiger partial charge in [0.05, 0.1) is 6.61 Å². The summed E-state index contributed by atoms with van der Waals surface area (Å²) in [5.41, 5.74) is -3.32. The highest BCUT2D eigenvalue weighted by molar-refractivity contribution is 5.98. The predicted molar refractivity (Wildman–Crippen MR) is 77.6 cm³/mol. The Morgan fingerprint density at radius 2 is 1.74 bits per heavy atom. The van der Waals surface area contributed by atoms with E-state index in [0.717, 1.165) is 0 Å². The van der Waals surface area contributed by atoms with Crippen molar-refractivity contribution in [2.45, 2.75) is 38.7 Å². The van der Waals surface area contributed by atoms with Crippen LogP contribution < -0.4 is 10.6 Å². The fourth-order valence-electron chi connectivity index (χ4n) is 1.92. The van der Waals surface area contributed by atoms with E-state index >= 15 is 0 Å².